The number of hydrogen-bond donors (Lipinski definition) is 1. The minimum atomic E-state index is -0.518. The van der Waals surface area contributed by atoms with E-state index in [1.54, 1.807) is 4.90 Å². The van der Waals surface area contributed by atoms with Crippen LogP contribution in [0.2, 0.25) is 0 Å². The van der Waals surface area contributed by atoms with E-state index < -0.39 is 6.04 Å². The van der Waals surface area contributed by atoms with Gasteiger partial charge in [0, 0.05) is 25.4 Å². The third-order valence-corrected chi connectivity index (χ3v) is 3.74. The van der Waals surface area contributed by atoms with Gasteiger partial charge in [-0.1, -0.05) is 44.2 Å². The summed E-state index contributed by atoms with van der Waals surface area (Å²) in [6.07, 6.45) is 0.509. The van der Waals surface area contributed by atoms with Gasteiger partial charge < -0.3 is 15.0 Å². The third kappa shape index (κ3) is 4.56. The number of carbonyl (C=O) groups excluding carboxylic acids is 2. The molecule has 0 bridgehead atoms. The molecule has 0 aliphatic carbocycles. The van der Waals surface area contributed by atoms with Gasteiger partial charge >= 0.3 is 0 Å². The first-order valence-corrected chi connectivity index (χ1v) is 7.78. The molecule has 5 nitrogen and oxygen atoms in total. The first-order chi connectivity index (χ1) is 10.6. The van der Waals surface area contributed by atoms with Crippen LogP contribution in [0.25, 0.3) is 0 Å². The molecular formula is C17H24N2O3. The van der Waals surface area contributed by atoms with Crippen LogP contribution in [0.3, 0.4) is 0 Å². The smallest absolute Gasteiger partial charge is 0.245 e. The number of benzene rings is 1. The number of morpholine rings is 1. The van der Waals surface area contributed by atoms with Crippen LogP contribution in [0, 0.1) is 5.92 Å². The summed E-state index contributed by atoms with van der Waals surface area (Å²) in [6.45, 7) is 5.94. The number of hydrogen-bond acceptors (Lipinski definition) is 3. The fourth-order valence-corrected chi connectivity index (χ4v) is 2.39. The average molecular weight is 304 g/mol. The van der Waals surface area contributed by atoms with E-state index in [2.05, 4.69) is 5.32 Å². The highest BCUT2D eigenvalue weighted by molar-refractivity contribution is 5.88. The quantitative estimate of drug-likeness (QED) is 0.890. The summed E-state index contributed by atoms with van der Waals surface area (Å²) in [5.74, 6) is -0.264. The Morgan fingerprint density at radius 1 is 1.18 bits per heavy atom. The molecule has 22 heavy (non-hydrogen) atoms. The lowest BCUT2D eigenvalue weighted by molar-refractivity contribution is -0.140. The normalized spacial score (nSPS) is 16.4. The Labute approximate surface area is 131 Å². The Balaban J connectivity index is 2.09. The van der Waals surface area contributed by atoms with E-state index in [-0.39, 0.29) is 17.7 Å². The Morgan fingerprint density at radius 2 is 1.82 bits per heavy atom. The topological polar surface area (TPSA) is 58.6 Å². The average Bonchev–Trinajstić information content (AvgIpc) is 2.55. The number of nitrogens with one attached hydrogen (secondary N) is 1. The first-order valence-electron chi connectivity index (χ1n) is 7.78. The van der Waals surface area contributed by atoms with Crippen molar-refractivity contribution in [3.8, 4) is 0 Å². The minimum Gasteiger partial charge on any atom is -0.378 e. The monoisotopic (exact) mass is 304 g/mol. The molecule has 1 fully saturated rings. The van der Waals surface area contributed by atoms with Gasteiger partial charge in [-0.05, 0) is 5.56 Å². The third-order valence-electron chi connectivity index (χ3n) is 3.74. The molecule has 1 aromatic carbocycles. The van der Waals surface area contributed by atoms with Gasteiger partial charge in [-0.25, -0.2) is 0 Å². The first kappa shape index (κ1) is 16.5. The molecule has 1 saturated heterocycles. The van der Waals surface area contributed by atoms with Gasteiger partial charge in [0.1, 0.15) is 6.04 Å². The number of carbonyl (C=O) groups is 2. The van der Waals surface area contributed by atoms with E-state index in [0.717, 1.165) is 5.56 Å². The van der Waals surface area contributed by atoms with Crippen molar-refractivity contribution in [2.75, 3.05) is 26.3 Å². The summed E-state index contributed by atoms with van der Waals surface area (Å²) in [6, 6.07) is 9.25. The standard InChI is InChI=1S/C17H24N2O3/c1-13(2)16(20)18-15(12-14-6-4-3-5-7-14)17(21)19-8-10-22-11-9-19/h3-7,13,15H,8-12H2,1-2H3,(H,18,20)/t15-/m0/s1. The molecular weight excluding hydrogens is 280 g/mol. The Hall–Kier alpha value is -1.88. The molecule has 0 saturated carbocycles. The van der Waals surface area contributed by atoms with Crippen molar-refractivity contribution in [1.82, 2.24) is 10.2 Å². The van der Waals surface area contributed by atoms with Crippen LogP contribution >= 0.6 is 0 Å². The molecule has 1 N–H and O–H groups in total. The van der Waals surface area contributed by atoms with Crippen molar-refractivity contribution < 1.29 is 14.3 Å². The maximum atomic E-state index is 12.7. The van der Waals surface area contributed by atoms with Gasteiger partial charge in [-0.3, -0.25) is 9.59 Å². The van der Waals surface area contributed by atoms with Crippen LogP contribution in [0.1, 0.15) is 19.4 Å². The molecule has 0 unspecified atom stereocenters. The summed E-state index contributed by atoms with van der Waals surface area (Å²) in [4.78, 5) is 26.5. The molecule has 1 aliphatic rings. The van der Waals surface area contributed by atoms with E-state index in [4.69, 9.17) is 4.74 Å². The molecule has 2 amide bonds. The van der Waals surface area contributed by atoms with Crippen LogP contribution in [0.5, 0.6) is 0 Å². The van der Waals surface area contributed by atoms with Gasteiger partial charge in [0.15, 0.2) is 0 Å². The highest BCUT2D eigenvalue weighted by Gasteiger charge is 2.27. The molecule has 1 aromatic rings. The lowest BCUT2D eigenvalue weighted by atomic mass is 10.0. The lowest BCUT2D eigenvalue weighted by Gasteiger charge is -2.31. The molecule has 5 heteroatoms. The summed E-state index contributed by atoms with van der Waals surface area (Å²) in [7, 11) is 0. The van der Waals surface area contributed by atoms with E-state index in [0.29, 0.717) is 32.7 Å². The second-order valence-electron chi connectivity index (χ2n) is 5.84. The molecule has 2 rings (SSSR count). The second kappa shape index (κ2) is 7.94. The number of ether oxygens (including phenoxy) is 1. The zero-order valence-electron chi connectivity index (χ0n) is 13.2. The molecule has 0 radical (unpaired) electrons. The van der Waals surface area contributed by atoms with E-state index in [1.165, 1.54) is 0 Å². The van der Waals surface area contributed by atoms with Crippen molar-refractivity contribution in [3.63, 3.8) is 0 Å². The molecule has 1 atom stereocenters. The predicted molar refractivity (Wildman–Crippen MR) is 84.3 cm³/mol. The SMILES string of the molecule is CC(C)C(=O)N[C@@H](Cc1ccccc1)C(=O)N1CCOCC1. The highest BCUT2D eigenvalue weighted by atomic mass is 16.5. The van der Waals surface area contributed by atoms with Crippen molar-refractivity contribution in [2.24, 2.45) is 5.92 Å². The fraction of sp³-hybridized carbons (Fsp3) is 0.529. The maximum absolute atomic E-state index is 12.7. The van der Waals surface area contributed by atoms with Crippen molar-refractivity contribution in [2.45, 2.75) is 26.3 Å². The zero-order chi connectivity index (χ0) is 15.9. The number of rotatable bonds is 5. The van der Waals surface area contributed by atoms with Gasteiger partial charge in [-0.2, -0.15) is 0 Å². The summed E-state index contributed by atoms with van der Waals surface area (Å²) in [5, 5.41) is 2.89. The molecule has 0 aromatic heterocycles. The van der Waals surface area contributed by atoms with Crippen LogP contribution in [0.4, 0.5) is 0 Å². The van der Waals surface area contributed by atoms with E-state index in [1.807, 2.05) is 44.2 Å². The summed E-state index contributed by atoms with van der Waals surface area (Å²) >= 11 is 0. The highest BCUT2D eigenvalue weighted by Crippen LogP contribution is 2.09. The molecule has 1 aliphatic heterocycles. The Morgan fingerprint density at radius 3 is 2.41 bits per heavy atom. The van der Waals surface area contributed by atoms with Crippen molar-refractivity contribution in [3.05, 3.63) is 35.9 Å². The Kier molecular flexibility index (Phi) is 5.95. The largest absolute Gasteiger partial charge is 0.378 e. The van der Waals surface area contributed by atoms with Crippen LogP contribution in [-0.4, -0.2) is 49.1 Å². The summed E-state index contributed by atoms with van der Waals surface area (Å²) < 4.78 is 5.29. The van der Waals surface area contributed by atoms with Gasteiger partial charge in [0.25, 0.3) is 0 Å². The Bertz CT molecular complexity index is 496. The van der Waals surface area contributed by atoms with Crippen molar-refractivity contribution in [1.29, 1.82) is 0 Å². The van der Waals surface area contributed by atoms with Gasteiger partial charge in [-0.15, -0.1) is 0 Å². The van der Waals surface area contributed by atoms with Crippen LogP contribution in [-0.2, 0) is 20.7 Å². The second-order valence-corrected chi connectivity index (χ2v) is 5.84. The molecule has 120 valence electrons. The minimum absolute atomic E-state index is 0.0267. The fourth-order valence-electron chi connectivity index (χ4n) is 2.39. The van der Waals surface area contributed by atoms with Gasteiger partial charge in [0.05, 0.1) is 13.2 Å². The van der Waals surface area contributed by atoms with E-state index >= 15 is 0 Å². The van der Waals surface area contributed by atoms with E-state index in [9.17, 15) is 9.59 Å². The lowest BCUT2D eigenvalue weighted by Crippen LogP contribution is -2.53. The van der Waals surface area contributed by atoms with Crippen molar-refractivity contribution >= 4 is 11.8 Å². The molecule has 0 spiro atoms. The van der Waals surface area contributed by atoms with Gasteiger partial charge in [0.2, 0.25) is 11.8 Å². The molecule has 1 heterocycles. The predicted octanol–water partition coefficient (Wildman–Crippen LogP) is 1.23. The van der Waals surface area contributed by atoms with Crippen LogP contribution in [0.15, 0.2) is 30.3 Å². The number of amides is 2. The maximum Gasteiger partial charge on any atom is 0.245 e. The zero-order valence-corrected chi connectivity index (χ0v) is 13.2. The number of nitrogens with zero attached hydrogens (tertiary/aromatic N) is 1. The van der Waals surface area contributed by atoms with Crippen LogP contribution < -0.4 is 5.32 Å². The summed E-state index contributed by atoms with van der Waals surface area (Å²) in [5.41, 5.74) is 1.04.